The van der Waals surface area contributed by atoms with E-state index in [0.717, 1.165) is 24.3 Å². The number of anilines is 1. The molecule has 2 heterocycles. The Labute approximate surface area is 201 Å². The van der Waals surface area contributed by atoms with Crippen LogP contribution in [-0.4, -0.2) is 46.4 Å². The lowest BCUT2D eigenvalue weighted by molar-refractivity contribution is -0.116. The van der Waals surface area contributed by atoms with Gasteiger partial charge < -0.3 is 14.4 Å². The molecule has 0 fully saturated rings. The summed E-state index contributed by atoms with van der Waals surface area (Å²) in [6.45, 7) is 13.3. The zero-order valence-electron chi connectivity index (χ0n) is 20.9. The second-order valence-corrected chi connectivity index (χ2v) is 11.2. The molecule has 0 spiro atoms. The Morgan fingerprint density at radius 2 is 1.85 bits per heavy atom. The summed E-state index contributed by atoms with van der Waals surface area (Å²) in [6.07, 6.45) is 1.52. The SMILES string of the molecule is CCCn1c(CCC(=O)Nc2cc(C(C)(C)C)on2)nc2cc(S(=O)(=O)N(CC)CC)ccc21. The van der Waals surface area contributed by atoms with Gasteiger partial charge >= 0.3 is 0 Å². The average Bonchev–Trinajstić information content (AvgIpc) is 3.37. The molecule has 0 bridgehead atoms. The number of hydrogen-bond donors (Lipinski definition) is 1. The number of aryl methyl sites for hydroxylation is 2. The Morgan fingerprint density at radius 1 is 1.15 bits per heavy atom. The molecule has 0 saturated carbocycles. The summed E-state index contributed by atoms with van der Waals surface area (Å²) in [6, 6.07) is 6.81. The summed E-state index contributed by atoms with van der Waals surface area (Å²) in [4.78, 5) is 17.5. The molecule has 10 heteroatoms. The van der Waals surface area contributed by atoms with Crippen molar-refractivity contribution in [2.75, 3.05) is 18.4 Å². The molecule has 186 valence electrons. The molecule has 0 aliphatic rings. The Kier molecular flexibility index (Phi) is 7.82. The van der Waals surface area contributed by atoms with E-state index in [0.29, 0.717) is 36.6 Å². The van der Waals surface area contributed by atoms with Crippen LogP contribution in [0.5, 0.6) is 0 Å². The lowest BCUT2D eigenvalue weighted by Gasteiger charge is -2.18. The summed E-state index contributed by atoms with van der Waals surface area (Å²) in [5, 5.41) is 6.71. The van der Waals surface area contributed by atoms with Crippen LogP contribution in [0.1, 0.15) is 66.0 Å². The van der Waals surface area contributed by atoms with E-state index < -0.39 is 10.0 Å². The van der Waals surface area contributed by atoms with Crippen molar-refractivity contribution < 1.29 is 17.7 Å². The van der Waals surface area contributed by atoms with Crippen LogP contribution in [0.3, 0.4) is 0 Å². The monoisotopic (exact) mass is 489 g/mol. The molecule has 3 rings (SSSR count). The number of carbonyl (C=O) groups excluding carboxylic acids is 1. The summed E-state index contributed by atoms with van der Waals surface area (Å²) in [7, 11) is -3.57. The minimum Gasteiger partial charge on any atom is -0.359 e. The second-order valence-electron chi connectivity index (χ2n) is 9.29. The van der Waals surface area contributed by atoms with Crippen LogP contribution in [0, 0.1) is 0 Å². The highest BCUT2D eigenvalue weighted by Crippen LogP contribution is 2.25. The van der Waals surface area contributed by atoms with Crippen LogP contribution in [-0.2, 0) is 33.2 Å². The topological polar surface area (TPSA) is 110 Å². The quantitative estimate of drug-likeness (QED) is 0.454. The number of amides is 1. The molecular formula is C24H35N5O4S. The summed E-state index contributed by atoms with van der Waals surface area (Å²) in [5.74, 6) is 1.65. The number of sulfonamides is 1. The number of hydrogen-bond acceptors (Lipinski definition) is 6. The highest BCUT2D eigenvalue weighted by molar-refractivity contribution is 7.89. The fourth-order valence-corrected chi connectivity index (χ4v) is 5.29. The molecule has 9 nitrogen and oxygen atoms in total. The maximum Gasteiger partial charge on any atom is 0.243 e. The van der Waals surface area contributed by atoms with Crippen LogP contribution in [0.2, 0.25) is 0 Å². The molecule has 0 atom stereocenters. The molecule has 1 aromatic carbocycles. The number of rotatable bonds is 10. The van der Waals surface area contributed by atoms with Crippen molar-refractivity contribution in [3.8, 4) is 0 Å². The molecule has 1 amide bonds. The van der Waals surface area contributed by atoms with Crippen molar-refractivity contribution in [3.63, 3.8) is 0 Å². The van der Waals surface area contributed by atoms with Gasteiger partial charge in [0.2, 0.25) is 15.9 Å². The number of aromatic nitrogens is 3. The zero-order valence-corrected chi connectivity index (χ0v) is 21.7. The number of benzene rings is 1. The van der Waals surface area contributed by atoms with Gasteiger partial charge in [-0.25, -0.2) is 13.4 Å². The lowest BCUT2D eigenvalue weighted by Crippen LogP contribution is -2.30. The van der Waals surface area contributed by atoms with E-state index >= 15 is 0 Å². The fraction of sp³-hybridized carbons (Fsp3) is 0.542. The van der Waals surface area contributed by atoms with E-state index in [-0.39, 0.29) is 22.6 Å². The summed E-state index contributed by atoms with van der Waals surface area (Å²) < 4.78 is 34.7. The second kappa shape index (κ2) is 10.3. The average molecular weight is 490 g/mol. The Morgan fingerprint density at radius 3 is 2.44 bits per heavy atom. The molecule has 1 N–H and O–H groups in total. The molecule has 0 aliphatic heterocycles. The van der Waals surface area contributed by atoms with Gasteiger partial charge in [-0.2, -0.15) is 4.31 Å². The van der Waals surface area contributed by atoms with Crippen molar-refractivity contribution in [2.24, 2.45) is 0 Å². The third-order valence-corrected chi connectivity index (χ3v) is 7.73. The number of nitrogens with zero attached hydrogens (tertiary/aromatic N) is 4. The highest BCUT2D eigenvalue weighted by Gasteiger charge is 2.23. The number of nitrogens with one attached hydrogen (secondary N) is 1. The third-order valence-electron chi connectivity index (χ3n) is 5.68. The first-order chi connectivity index (χ1) is 16.0. The smallest absolute Gasteiger partial charge is 0.243 e. The van der Waals surface area contributed by atoms with Crippen molar-refractivity contribution in [2.45, 2.75) is 77.7 Å². The van der Waals surface area contributed by atoms with Crippen LogP contribution >= 0.6 is 0 Å². The Bertz CT molecular complexity index is 1250. The lowest BCUT2D eigenvalue weighted by atomic mass is 9.93. The van der Waals surface area contributed by atoms with Crippen LogP contribution in [0.25, 0.3) is 11.0 Å². The standard InChI is InChI=1S/C24H35N5O4S/c1-7-14-29-19-11-10-17(34(31,32)28(8-2)9-3)15-18(19)25-22(29)12-13-23(30)26-21-16-20(33-27-21)24(4,5)6/h10-11,15-16H,7-9,12-14H2,1-6H3,(H,26,27,30). The molecule has 34 heavy (non-hydrogen) atoms. The Balaban J connectivity index is 1.80. The molecule has 2 aromatic heterocycles. The number of fused-ring (bicyclic) bond motifs is 1. The summed E-state index contributed by atoms with van der Waals surface area (Å²) in [5.41, 5.74) is 1.28. The maximum absolute atomic E-state index is 12.9. The Hall–Kier alpha value is -2.72. The fourth-order valence-electron chi connectivity index (χ4n) is 3.81. The molecule has 0 unspecified atom stereocenters. The first kappa shape index (κ1) is 25.9. The molecule has 3 aromatic rings. The van der Waals surface area contributed by atoms with E-state index in [1.807, 2.05) is 34.6 Å². The van der Waals surface area contributed by atoms with Gasteiger partial charge in [0.05, 0.1) is 15.9 Å². The van der Waals surface area contributed by atoms with Crippen molar-refractivity contribution >= 4 is 32.8 Å². The van der Waals surface area contributed by atoms with Crippen LogP contribution in [0.4, 0.5) is 5.82 Å². The molecule has 0 radical (unpaired) electrons. The van der Waals surface area contributed by atoms with E-state index in [9.17, 15) is 13.2 Å². The molecule has 0 aliphatic carbocycles. The van der Waals surface area contributed by atoms with Gasteiger partial charge in [0, 0.05) is 44.0 Å². The summed E-state index contributed by atoms with van der Waals surface area (Å²) >= 11 is 0. The number of imidazole rings is 1. The van der Waals surface area contributed by atoms with E-state index in [2.05, 4.69) is 22.0 Å². The largest absolute Gasteiger partial charge is 0.359 e. The van der Waals surface area contributed by atoms with Gasteiger partial charge in [-0.3, -0.25) is 4.79 Å². The van der Waals surface area contributed by atoms with Gasteiger partial charge in [-0.05, 0) is 24.6 Å². The van der Waals surface area contributed by atoms with Crippen molar-refractivity contribution in [1.82, 2.24) is 19.0 Å². The van der Waals surface area contributed by atoms with E-state index in [4.69, 9.17) is 9.51 Å². The minimum absolute atomic E-state index is 0.186. The highest BCUT2D eigenvalue weighted by atomic mass is 32.2. The van der Waals surface area contributed by atoms with E-state index in [1.165, 1.54) is 4.31 Å². The van der Waals surface area contributed by atoms with E-state index in [1.54, 1.807) is 24.3 Å². The van der Waals surface area contributed by atoms with Gasteiger partial charge in [0.15, 0.2) is 5.82 Å². The van der Waals surface area contributed by atoms with Crippen LogP contribution < -0.4 is 5.32 Å². The van der Waals surface area contributed by atoms with Crippen molar-refractivity contribution in [1.29, 1.82) is 0 Å². The first-order valence-electron chi connectivity index (χ1n) is 11.8. The third kappa shape index (κ3) is 5.50. The normalized spacial score (nSPS) is 12.6. The molecule has 0 saturated heterocycles. The minimum atomic E-state index is -3.57. The first-order valence-corrected chi connectivity index (χ1v) is 13.2. The van der Waals surface area contributed by atoms with Crippen LogP contribution in [0.15, 0.2) is 33.7 Å². The maximum atomic E-state index is 12.9. The van der Waals surface area contributed by atoms with Gasteiger partial charge in [-0.15, -0.1) is 0 Å². The number of carbonyl (C=O) groups is 1. The van der Waals surface area contributed by atoms with Gasteiger partial charge in [-0.1, -0.05) is 46.7 Å². The van der Waals surface area contributed by atoms with Gasteiger partial charge in [0.25, 0.3) is 0 Å². The van der Waals surface area contributed by atoms with Crippen molar-refractivity contribution in [3.05, 3.63) is 35.9 Å². The zero-order chi connectivity index (χ0) is 25.1. The predicted molar refractivity (Wildman–Crippen MR) is 132 cm³/mol. The molecular weight excluding hydrogens is 454 g/mol. The van der Waals surface area contributed by atoms with Gasteiger partial charge in [0.1, 0.15) is 11.6 Å². The predicted octanol–water partition coefficient (Wildman–Crippen LogP) is 4.33.